The number of nitro groups is 1. The highest BCUT2D eigenvalue weighted by atomic mass is 32.1. The summed E-state index contributed by atoms with van der Waals surface area (Å²) >= 11 is 1.39. The topological polar surface area (TPSA) is 104 Å². The second kappa shape index (κ2) is 9.52. The van der Waals surface area contributed by atoms with Gasteiger partial charge in [-0.15, -0.1) is 0 Å². The number of aromatic nitrogens is 2. The van der Waals surface area contributed by atoms with E-state index in [1.807, 2.05) is 18.2 Å². The predicted molar refractivity (Wildman–Crippen MR) is 120 cm³/mol. The van der Waals surface area contributed by atoms with Crippen LogP contribution in [0.4, 0.5) is 21.3 Å². The molecule has 1 aromatic heterocycles. The highest BCUT2D eigenvalue weighted by molar-refractivity contribution is 7.09. The summed E-state index contributed by atoms with van der Waals surface area (Å²) in [5.74, 6) is 0.809. The van der Waals surface area contributed by atoms with E-state index in [4.69, 9.17) is 4.98 Å². The Bertz CT molecular complexity index is 1040. The Morgan fingerprint density at radius 1 is 1.06 bits per heavy atom. The van der Waals surface area contributed by atoms with Crippen LogP contribution in [0.2, 0.25) is 0 Å². The molecule has 1 aliphatic rings. The number of carbonyl (C=O) groups excluding carboxylic acids is 1. The fraction of sp³-hybridized carbons (Fsp3) is 0.286. The van der Waals surface area contributed by atoms with Crippen LogP contribution in [0.1, 0.15) is 17.8 Å². The monoisotopic (exact) mass is 438 g/mol. The summed E-state index contributed by atoms with van der Waals surface area (Å²) in [5, 5.41) is 14.4. The van der Waals surface area contributed by atoms with Crippen molar-refractivity contribution in [3.8, 4) is 0 Å². The van der Waals surface area contributed by atoms with Crippen molar-refractivity contribution in [2.24, 2.45) is 0 Å². The molecule has 9 nitrogen and oxygen atoms in total. The molecule has 31 heavy (non-hydrogen) atoms. The van der Waals surface area contributed by atoms with Crippen molar-refractivity contribution in [2.45, 2.75) is 12.8 Å². The molecule has 10 heteroatoms. The second-order valence-corrected chi connectivity index (χ2v) is 7.95. The zero-order chi connectivity index (χ0) is 21.6. The van der Waals surface area contributed by atoms with Crippen LogP contribution < -0.4 is 10.2 Å². The Kier molecular flexibility index (Phi) is 6.37. The van der Waals surface area contributed by atoms with Crippen LogP contribution in [0.25, 0.3) is 0 Å². The lowest BCUT2D eigenvalue weighted by molar-refractivity contribution is -0.384. The van der Waals surface area contributed by atoms with Crippen molar-refractivity contribution < 1.29 is 9.72 Å². The number of carbonyl (C=O) groups is 1. The first-order valence-corrected chi connectivity index (χ1v) is 10.8. The Morgan fingerprint density at radius 3 is 2.58 bits per heavy atom. The van der Waals surface area contributed by atoms with Crippen molar-refractivity contribution in [1.29, 1.82) is 0 Å². The van der Waals surface area contributed by atoms with Gasteiger partial charge in [0.1, 0.15) is 5.82 Å². The molecule has 0 unspecified atom stereocenters. The zero-order valence-corrected chi connectivity index (χ0v) is 17.6. The standard InChI is InChI=1S/C21H22N6O3S/c28-20(22-17-7-9-18(10-8-17)27(29)30)25-11-4-12-26(14-13-25)21-23-19(24-31-21)15-16-5-2-1-3-6-16/h1-3,5-10H,4,11-15H2,(H,22,28). The van der Waals surface area contributed by atoms with E-state index in [2.05, 4.69) is 26.7 Å². The molecule has 1 N–H and O–H groups in total. The van der Waals surface area contributed by atoms with Crippen LogP contribution >= 0.6 is 11.5 Å². The Balaban J connectivity index is 1.33. The fourth-order valence-electron chi connectivity index (χ4n) is 3.40. The van der Waals surface area contributed by atoms with Crippen LogP contribution in [-0.4, -0.2) is 51.4 Å². The van der Waals surface area contributed by atoms with E-state index in [-0.39, 0.29) is 11.7 Å². The molecule has 2 amide bonds. The van der Waals surface area contributed by atoms with Crippen molar-refractivity contribution in [3.63, 3.8) is 0 Å². The first-order chi connectivity index (χ1) is 15.1. The molecule has 160 valence electrons. The predicted octanol–water partition coefficient (Wildman–Crippen LogP) is 3.78. The normalized spacial score (nSPS) is 14.2. The van der Waals surface area contributed by atoms with Gasteiger partial charge in [0, 0.05) is 62.0 Å². The number of rotatable bonds is 5. The van der Waals surface area contributed by atoms with E-state index in [0.29, 0.717) is 31.7 Å². The van der Waals surface area contributed by atoms with Gasteiger partial charge in [-0.2, -0.15) is 4.37 Å². The van der Waals surface area contributed by atoms with Gasteiger partial charge in [-0.05, 0) is 24.1 Å². The number of nitrogens with one attached hydrogen (secondary N) is 1. The van der Waals surface area contributed by atoms with Gasteiger partial charge in [-0.25, -0.2) is 9.78 Å². The smallest absolute Gasteiger partial charge is 0.321 e. The molecule has 0 aliphatic carbocycles. The molecule has 4 rings (SSSR count). The molecule has 1 aliphatic heterocycles. The van der Waals surface area contributed by atoms with E-state index in [1.54, 1.807) is 4.90 Å². The minimum Gasteiger partial charge on any atom is -0.345 e. The quantitative estimate of drug-likeness (QED) is 0.480. The summed E-state index contributed by atoms with van der Waals surface area (Å²) in [7, 11) is 0. The first kappa shape index (κ1) is 20.7. The summed E-state index contributed by atoms with van der Waals surface area (Å²) in [4.78, 5) is 31.5. The third-order valence-corrected chi connectivity index (χ3v) is 5.86. The Labute approximate surface area is 183 Å². The molecule has 0 spiro atoms. The maximum Gasteiger partial charge on any atom is 0.321 e. The fourth-order valence-corrected chi connectivity index (χ4v) is 4.14. The highest BCUT2D eigenvalue weighted by Gasteiger charge is 2.21. The molecular weight excluding hydrogens is 416 g/mol. The van der Waals surface area contributed by atoms with Crippen LogP contribution in [0.3, 0.4) is 0 Å². The third-order valence-electron chi connectivity index (χ3n) is 5.05. The number of amides is 2. The van der Waals surface area contributed by atoms with E-state index in [1.165, 1.54) is 41.4 Å². The average Bonchev–Trinajstić information content (AvgIpc) is 3.09. The molecule has 2 aromatic carbocycles. The SMILES string of the molecule is O=C(Nc1ccc([N+](=O)[O-])cc1)N1CCCN(c2nc(Cc3ccccc3)ns2)CC1. The lowest BCUT2D eigenvalue weighted by atomic mass is 10.1. The molecule has 1 saturated heterocycles. The van der Waals surface area contributed by atoms with Gasteiger partial charge in [0.25, 0.3) is 5.69 Å². The Morgan fingerprint density at radius 2 is 1.84 bits per heavy atom. The summed E-state index contributed by atoms with van der Waals surface area (Å²) in [6, 6.07) is 15.8. The number of nitrogens with zero attached hydrogens (tertiary/aromatic N) is 5. The molecule has 2 heterocycles. The molecular formula is C21H22N6O3S. The van der Waals surface area contributed by atoms with Crippen LogP contribution in [-0.2, 0) is 6.42 Å². The molecule has 0 radical (unpaired) electrons. The summed E-state index contributed by atoms with van der Waals surface area (Å²) in [5.41, 5.74) is 1.70. The number of benzene rings is 2. The lowest BCUT2D eigenvalue weighted by Gasteiger charge is -2.21. The van der Waals surface area contributed by atoms with Crippen LogP contribution in [0.15, 0.2) is 54.6 Å². The van der Waals surface area contributed by atoms with Crippen molar-refractivity contribution >= 4 is 34.1 Å². The maximum absolute atomic E-state index is 12.6. The zero-order valence-electron chi connectivity index (χ0n) is 16.8. The number of hydrogen-bond donors (Lipinski definition) is 1. The van der Waals surface area contributed by atoms with Gasteiger partial charge in [-0.3, -0.25) is 10.1 Å². The highest BCUT2D eigenvalue weighted by Crippen LogP contribution is 2.21. The number of urea groups is 1. The summed E-state index contributed by atoms with van der Waals surface area (Å²) in [6.45, 7) is 2.67. The number of non-ortho nitro benzene ring substituents is 1. The number of anilines is 2. The van der Waals surface area contributed by atoms with Gasteiger partial charge < -0.3 is 15.1 Å². The minimum atomic E-state index is -0.465. The number of hydrogen-bond acceptors (Lipinski definition) is 7. The van der Waals surface area contributed by atoms with Gasteiger partial charge in [0.2, 0.25) is 5.13 Å². The average molecular weight is 439 g/mol. The van der Waals surface area contributed by atoms with Gasteiger partial charge in [-0.1, -0.05) is 30.3 Å². The Hall–Kier alpha value is -3.53. The second-order valence-electron chi connectivity index (χ2n) is 7.22. The van der Waals surface area contributed by atoms with Crippen molar-refractivity contribution in [3.05, 3.63) is 76.1 Å². The molecule has 3 aromatic rings. The van der Waals surface area contributed by atoms with E-state index in [9.17, 15) is 14.9 Å². The maximum atomic E-state index is 12.6. The van der Waals surface area contributed by atoms with Gasteiger partial charge in [0.05, 0.1) is 4.92 Å². The van der Waals surface area contributed by atoms with E-state index >= 15 is 0 Å². The van der Waals surface area contributed by atoms with Gasteiger partial charge >= 0.3 is 6.03 Å². The van der Waals surface area contributed by atoms with Crippen LogP contribution in [0, 0.1) is 10.1 Å². The van der Waals surface area contributed by atoms with Crippen LogP contribution in [0.5, 0.6) is 0 Å². The number of nitro benzene ring substituents is 1. The molecule has 0 saturated carbocycles. The summed E-state index contributed by atoms with van der Waals surface area (Å²) < 4.78 is 4.49. The first-order valence-electron chi connectivity index (χ1n) is 10.0. The summed E-state index contributed by atoms with van der Waals surface area (Å²) in [6.07, 6.45) is 1.52. The van der Waals surface area contributed by atoms with E-state index < -0.39 is 4.92 Å². The van der Waals surface area contributed by atoms with Crippen molar-refractivity contribution in [2.75, 3.05) is 36.4 Å². The third kappa shape index (κ3) is 5.34. The van der Waals surface area contributed by atoms with E-state index in [0.717, 1.165) is 23.9 Å². The minimum absolute atomic E-state index is 0.00731. The van der Waals surface area contributed by atoms with Gasteiger partial charge in [0.15, 0.2) is 0 Å². The molecule has 0 atom stereocenters. The largest absolute Gasteiger partial charge is 0.345 e. The molecule has 1 fully saturated rings. The molecule has 0 bridgehead atoms. The van der Waals surface area contributed by atoms with Crippen molar-refractivity contribution in [1.82, 2.24) is 14.3 Å². The lowest BCUT2D eigenvalue weighted by Crippen LogP contribution is -2.38.